The van der Waals surface area contributed by atoms with Gasteiger partial charge in [-0.3, -0.25) is 14.5 Å². The lowest BCUT2D eigenvalue weighted by molar-refractivity contribution is -0.510. The van der Waals surface area contributed by atoms with Crippen molar-refractivity contribution < 1.29 is 23.8 Å². The average molecular weight is 478 g/mol. The largest absolute Gasteiger partial charge is 0.502 e. The van der Waals surface area contributed by atoms with E-state index in [0.717, 1.165) is 21.8 Å². The number of carbonyl (C=O) groups excluding carboxylic acids is 3. The van der Waals surface area contributed by atoms with E-state index in [2.05, 4.69) is 22.1 Å². The molecule has 5 rings (SSSR count). The predicted molar refractivity (Wildman–Crippen MR) is 128 cm³/mol. The lowest BCUT2D eigenvalue weighted by Crippen LogP contribution is -2.55. The fraction of sp³-hybridized carbons (Fsp3) is 0.400. The Morgan fingerprint density at radius 2 is 1.60 bits per heavy atom. The lowest BCUT2D eigenvalue weighted by Gasteiger charge is -2.35. The van der Waals surface area contributed by atoms with E-state index in [1.807, 2.05) is 54.3 Å². The van der Waals surface area contributed by atoms with Crippen LogP contribution in [0, 0.1) is 0 Å². The van der Waals surface area contributed by atoms with Gasteiger partial charge in [-0.25, -0.2) is 4.79 Å². The zero-order chi connectivity index (χ0) is 24.4. The van der Waals surface area contributed by atoms with E-state index in [0.29, 0.717) is 45.9 Å². The molecule has 3 heterocycles. The van der Waals surface area contributed by atoms with Gasteiger partial charge in [-0.1, -0.05) is 18.2 Å². The average Bonchev–Trinajstić information content (AvgIpc) is 3.32. The van der Waals surface area contributed by atoms with Crippen molar-refractivity contribution >= 4 is 29.1 Å². The second kappa shape index (κ2) is 9.73. The normalized spacial score (nSPS) is 20.1. The van der Waals surface area contributed by atoms with Gasteiger partial charge in [-0.05, 0) is 48.0 Å². The first-order chi connectivity index (χ1) is 17.0. The Kier molecular flexibility index (Phi) is 6.35. The van der Waals surface area contributed by atoms with Crippen LogP contribution in [-0.2, 0) is 14.4 Å². The summed E-state index contributed by atoms with van der Waals surface area (Å²) in [4.78, 5) is 45.9. The maximum atomic E-state index is 13.0. The standard InChI is InChI=1S/C25H29N6O4/c1-2-35-21-10-8-20(9-11-21)29-16-17-30-23(33)24(34)31(26-25(29)30)18-22(32)28-14-12-27(13-15-28)19-6-4-3-5-7-19/h3-11,25H,2,12-18H2,1H3/q+1. The van der Waals surface area contributed by atoms with Crippen molar-refractivity contribution in [3.63, 3.8) is 0 Å². The number of ether oxygens (including phenoxy) is 1. The van der Waals surface area contributed by atoms with Gasteiger partial charge in [0.2, 0.25) is 0 Å². The quantitative estimate of drug-likeness (QED) is 0.461. The van der Waals surface area contributed by atoms with Crippen LogP contribution in [0.5, 0.6) is 5.75 Å². The molecule has 10 nitrogen and oxygen atoms in total. The van der Waals surface area contributed by atoms with Crippen LogP contribution >= 0.6 is 0 Å². The number of hydrogen-bond donors (Lipinski definition) is 0. The topological polar surface area (TPSA) is 88.8 Å². The van der Waals surface area contributed by atoms with Crippen LogP contribution in [-0.4, -0.2) is 90.9 Å². The van der Waals surface area contributed by atoms with Crippen LogP contribution in [0.1, 0.15) is 6.92 Å². The third-order valence-corrected chi connectivity index (χ3v) is 6.58. The van der Waals surface area contributed by atoms with Crippen molar-refractivity contribution in [2.75, 3.05) is 62.2 Å². The van der Waals surface area contributed by atoms with Crippen LogP contribution in [0.4, 0.5) is 11.4 Å². The minimum atomic E-state index is -0.758. The van der Waals surface area contributed by atoms with Crippen molar-refractivity contribution in [3.05, 3.63) is 54.6 Å². The number of para-hydroxylation sites is 1. The van der Waals surface area contributed by atoms with E-state index in [9.17, 15) is 14.4 Å². The number of carbonyl (C=O) groups is 3. The van der Waals surface area contributed by atoms with Crippen molar-refractivity contribution in [2.45, 2.75) is 13.2 Å². The van der Waals surface area contributed by atoms with Crippen LogP contribution < -0.4 is 14.5 Å². The zero-order valence-electron chi connectivity index (χ0n) is 19.7. The summed E-state index contributed by atoms with van der Waals surface area (Å²) in [6.07, 6.45) is -0.652. The van der Waals surface area contributed by atoms with Gasteiger partial charge in [0.25, 0.3) is 18.7 Å². The molecule has 1 atom stereocenters. The highest BCUT2D eigenvalue weighted by molar-refractivity contribution is 6.31. The molecular weight excluding hydrogens is 448 g/mol. The van der Waals surface area contributed by atoms with Gasteiger partial charge in [0.05, 0.1) is 6.61 Å². The summed E-state index contributed by atoms with van der Waals surface area (Å²) >= 11 is 0. The van der Waals surface area contributed by atoms with E-state index < -0.39 is 18.1 Å². The number of rotatable bonds is 6. The molecule has 3 aliphatic heterocycles. The SMILES string of the molecule is CCOc1ccc(N2CCN3C(=O)C(=O)[N+](CC(=O)N4CCN(c5ccccc5)CC4)=NC32)cc1. The lowest BCUT2D eigenvalue weighted by atomic mass is 10.2. The fourth-order valence-corrected chi connectivity index (χ4v) is 4.71. The molecule has 0 spiro atoms. The Balaban J connectivity index is 1.27. The maximum Gasteiger partial charge on any atom is 0.502 e. The summed E-state index contributed by atoms with van der Waals surface area (Å²) in [6.45, 7) is 5.74. The molecule has 3 aliphatic rings. The smallest absolute Gasteiger partial charge is 0.494 e. The van der Waals surface area contributed by atoms with E-state index in [1.54, 1.807) is 4.90 Å². The second-order valence-corrected chi connectivity index (χ2v) is 8.65. The summed E-state index contributed by atoms with van der Waals surface area (Å²) < 4.78 is 6.55. The number of nitrogens with zero attached hydrogens (tertiary/aromatic N) is 6. The van der Waals surface area contributed by atoms with Crippen molar-refractivity contribution in [2.24, 2.45) is 5.11 Å². The molecule has 0 N–H and O–H groups in total. The molecule has 35 heavy (non-hydrogen) atoms. The van der Waals surface area contributed by atoms with E-state index in [-0.39, 0.29) is 12.5 Å². The zero-order valence-corrected chi connectivity index (χ0v) is 19.7. The molecular formula is C25H29N6O4+. The van der Waals surface area contributed by atoms with Crippen molar-refractivity contribution in [3.8, 4) is 5.75 Å². The second-order valence-electron chi connectivity index (χ2n) is 8.65. The van der Waals surface area contributed by atoms with Crippen LogP contribution in [0.3, 0.4) is 0 Å². The Labute approximate surface area is 204 Å². The summed E-state index contributed by atoms with van der Waals surface area (Å²) in [5.41, 5.74) is 2.00. The van der Waals surface area contributed by atoms with Crippen LogP contribution in [0.15, 0.2) is 59.7 Å². The van der Waals surface area contributed by atoms with Crippen molar-refractivity contribution in [1.82, 2.24) is 9.80 Å². The molecule has 1 unspecified atom stereocenters. The highest BCUT2D eigenvalue weighted by atomic mass is 16.5. The van der Waals surface area contributed by atoms with E-state index in [4.69, 9.17) is 4.74 Å². The van der Waals surface area contributed by atoms with Gasteiger partial charge >= 0.3 is 11.8 Å². The Bertz CT molecular complexity index is 1130. The highest BCUT2D eigenvalue weighted by Gasteiger charge is 2.50. The molecule has 2 fully saturated rings. The number of piperazine rings is 1. The van der Waals surface area contributed by atoms with Crippen LogP contribution in [0.2, 0.25) is 0 Å². The van der Waals surface area contributed by atoms with Gasteiger partial charge in [-0.15, -0.1) is 0 Å². The molecule has 0 bridgehead atoms. The summed E-state index contributed by atoms with van der Waals surface area (Å²) in [5.74, 6) is -0.827. The van der Waals surface area contributed by atoms with Gasteiger partial charge in [0.1, 0.15) is 5.75 Å². The number of hydrogen-bond acceptors (Lipinski definition) is 7. The van der Waals surface area contributed by atoms with E-state index >= 15 is 0 Å². The van der Waals surface area contributed by atoms with Gasteiger partial charge in [0, 0.05) is 55.8 Å². The molecule has 10 heteroatoms. The number of amides is 3. The predicted octanol–water partition coefficient (Wildman–Crippen LogP) is 1.37. The monoisotopic (exact) mass is 477 g/mol. The van der Waals surface area contributed by atoms with Crippen molar-refractivity contribution in [1.29, 1.82) is 0 Å². The third-order valence-electron chi connectivity index (χ3n) is 6.58. The minimum Gasteiger partial charge on any atom is -0.494 e. The number of azo groups is 2. The summed E-state index contributed by atoms with van der Waals surface area (Å²) in [7, 11) is 0. The first-order valence-electron chi connectivity index (χ1n) is 12.0. The first kappa shape index (κ1) is 22.8. The molecule has 0 radical (unpaired) electrons. The Morgan fingerprint density at radius 3 is 2.29 bits per heavy atom. The molecule has 182 valence electrons. The van der Waals surface area contributed by atoms with E-state index in [1.165, 1.54) is 4.90 Å². The number of anilines is 2. The molecule has 0 aliphatic carbocycles. The fourth-order valence-electron chi connectivity index (χ4n) is 4.71. The maximum absolute atomic E-state index is 13.0. The van der Waals surface area contributed by atoms with Gasteiger partial charge in [0.15, 0.2) is 0 Å². The summed E-state index contributed by atoms with van der Waals surface area (Å²) in [6, 6.07) is 17.6. The molecule has 2 saturated heterocycles. The van der Waals surface area contributed by atoms with Gasteiger partial charge in [-0.2, -0.15) is 0 Å². The molecule has 2 aromatic rings. The van der Waals surface area contributed by atoms with Gasteiger partial charge < -0.3 is 19.4 Å². The first-order valence-corrected chi connectivity index (χ1v) is 12.0. The minimum absolute atomic E-state index is 0.207. The van der Waals surface area contributed by atoms with Crippen LogP contribution in [0.25, 0.3) is 0 Å². The summed E-state index contributed by atoms with van der Waals surface area (Å²) in [5, 5.41) is 4.51. The number of fused-ring (bicyclic) bond motifs is 1. The molecule has 3 amide bonds. The molecule has 0 aromatic heterocycles. The molecule has 2 aromatic carbocycles. The molecule has 0 saturated carbocycles. The highest BCUT2D eigenvalue weighted by Crippen LogP contribution is 2.28. The third kappa shape index (κ3) is 4.55. The number of benzene rings is 2. The Hall–Kier alpha value is -3.95. The Morgan fingerprint density at radius 1 is 0.914 bits per heavy atom.